The lowest BCUT2D eigenvalue weighted by Gasteiger charge is -2.17. The number of hydrogen-bond donors (Lipinski definition) is 0. The number of ether oxygens (including phenoxy) is 1. The molecular formula is C17H18Cl2O. The van der Waals surface area contributed by atoms with Gasteiger partial charge in [-0.15, -0.1) is 11.6 Å². The molecule has 0 fully saturated rings. The largest absolute Gasteiger partial charge is 0.455 e. The summed E-state index contributed by atoms with van der Waals surface area (Å²) >= 11 is 12.2. The maximum absolute atomic E-state index is 6.25. The summed E-state index contributed by atoms with van der Waals surface area (Å²) in [6, 6.07) is 11.9. The SMILES string of the molecule is Cc1ccc(C(C)C)c(Oc2c(Cl)cccc2CCl)c1. The fraction of sp³-hybridized carbons (Fsp3) is 0.294. The first-order valence-corrected chi connectivity index (χ1v) is 7.56. The van der Waals surface area contributed by atoms with Crippen molar-refractivity contribution in [2.75, 3.05) is 0 Å². The van der Waals surface area contributed by atoms with Crippen LogP contribution in [0, 0.1) is 6.92 Å². The molecule has 0 atom stereocenters. The summed E-state index contributed by atoms with van der Waals surface area (Å²) in [6.45, 7) is 6.34. The Morgan fingerprint density at radius 2 is 1.90 bits per heavy atom. The molecule has 0 unspecified atom stereocenters. The van der Waals surface area contributed by atoms with Gasteiger partial charge in [0.15, 0.2) is 0 Å². The number of benzene rings is 2. The van der Waals surface area contributed by atoms with E-state index in [9.17, 15) is 0 Å². The van der Waals surface area contributed by atoms with Crippen molar-refractivity contribution >= 4 is 23.2 Å². The molecule has 0 aliphatic heterocycles. The molecule has 1 nitrogen and oxygen atoms in total. The van der Waals surface area contributed by atoms with Crippen molar-refractivity contribution in [3.8, 4) is 11.5 Å². The van der Waals surface area contributed by atoms with Crippen LogP contribution in [-0.4, -0.2) is 0 Å². The van der Waals surface area contributed by atoms with E-state index in [0.717, 1.165) is 22.4 Å². The Labute approximate surface area is 130 Å². The van der Waals surface area contributed by atoms with Crippen molar-refractivity contribution in [3.63, 3.8) is 0 Å². The van der Waals surface area contributed by atoms with E-state index in [1.165, 1.54) is 0 Å². The van der Waals surface area contributed by atoms with Gasteiger partial charge in [-0.05, 0) is 36.1 Å². The number of aryl methyl sites for hydroxylation is 1. The lowest BCUT2D eigenvalue weighted by molar-refractivity contribution is 0.469. The molecule has 0 aromatic heterocycles. The molecule has 0 radical (unpaired) electrons. The zero-order valence-electron chi connectivity index (χ0n) is 11.9. The smallest absolute Gasteiger partial charge is 0.150 e. The molecule has 2 aromatic rings. The van der Waals surface area contributed by atoms with Crippen LogP contribution in [-0.2, 0) is 5.88 Å². The minimum atomic E-state index is 0.374. The summed E-state index contributed by atoms with van der Waals surface area (Å²) in [5, 5.41) is 0.583. The van der Waals surface area contributed by atoms with Crippen LogP contribution in [0.5, 0.6) is 11.5 Å². The van der Waals surface area contributed by atoms with Gasteiger partial charge < -0.3 is 4.74 Å². The number of para-hydroxylation sites is 1. The van der Waals surface area contributed by atoms with E-state index in [1.807, 2.05) is 31.2 Å². The maximum atomic E-state index is 6.25. The average Bonchev–Trinajstić information content (AvgIpc) is 2.40. The van der Waals surface area contributed by atoms with E-state index < -0.39 is 0 Å². The number of rotatable bonds is 4. The van der Waals surface area contributed by atoms with E-state index in [-0.39, 0.29) is 0 Å². The van der Waals surface area contributed by atoms with Gasteiger partial charge in [0.2, 0.25) is 0 Å². The molecule has 0 spiro atoms. The van der Waals surface area contributed by atoms with Crippen molar-refractivity contribution in [2.45, 2.75) is 32.6 Å². The lowest BCUT2D eigenvalue weighted by atomic mass is 10.0. The fourth-order valence-electron chi connectivity index (χ4n) is 2.09. The molecule has 0 N–H and O–H groups in total. The highest BCUT2D eigenvalue weighted by atomic mass is 35.5. The van der Waals surface area contributed by atoms with Gasteiger partial charge in [0.05, 0.1) is 10.9 Å². The fourth-order valence-corrected chi connectivity index (χ4v) is 2.53. The molecule has 2 aromatic carbocycles. The number of hydrogen-bond acceptors (Lipinski definition) is 1. The van der Waals surface area contributed by atoms with Crippen LogP contribution in [0.3, 0.4) is 0 Å². The van der Waals surface area contributed by atoms with Crippen LogP contribution >= 0.6 is 23.2 Å². The Hall–Kier alpha value is -1.18. The molecule has 0 saturated carbocycles. The molecule has 106 valence electrons. The van der Waals surface area contributed by atoms with Crippen LogP contribution in [0.25, 0.3) is 0 Å². The first-order chi connectivity index (χ1) is 9.52. The van der Waals surface area contributed by atoms with Crippen LogP contribution in [0.4, 0.5) is 0 Å². The Kier molecular flexibility index (Phi) is 4.95. The number of halogens is 2. The Bertz CT molecular complexity index is 606. The molecular weight excluding hydrogens is 291 g/mol. The van der Waals surface area contributed by atoms with Gasteiger partial charge in [-0.1, -0.05) is 49.7 Å². The molecule has 0 bridgehead atoms. The Morgan fingerprint density at radius 3 is 2.55 bits per heavy atom. The van der Waals surface area contributed by atoms with E-state index in [2.05, 4.69) is 26.0 Å². The predicted octanol–water partition coefficient (Wildman–Crippen LogP) is 6.30. The second kappa shape index (κ2) is 6.51. The summed E-state index contributed by atoms with van der Waals surface area (Å²) in [4.78, 5) is 0. The first-order valence-electron chi connectivity index (χ1n) is 6.64. The third-order valence-electron chi connectivity index (χ3n) is 3.20. The van der Waals surface area contributed by atoms with Gasteiger partial charge in [0, 0.05) is 5.56 Å². The van der Waals surface area contributed by atoms with Crippen molar-refractivity contribution in [2.24, 2.45) is 0 Å². The summed E-state index contributed by atoms with van der Waals surface area (Å²) in [5.41, 5.74) is 3.22. The van der Waals surface area contributed by atoms with Crippen molar-refractivity contribution in [3.05, 3.63) is 58.1 Å². The average molecular weight is 309 g/mol. The topological polar surface area (TPSA) is 9.23 Å². The summed E-state index contributed by atoms with van der Waals surface area (Å²) in [7, 11) is 0. The standard InChI is InChI=1S/C17H18Cl2O/c1-11(2)14-8-7-12(3)9-16(14)20-17-13(10-18)5-4-6-15(17)19/h4-9,11H,10H2,1-3H3. The Morgan fingerprint density at radius 1 is 1.15 bits per heavy atom. The monoisotopic (exact) mass is 308 g/mol. The lowest BCUT2D eigenvalue weighted by Crippen LogP contribution is -1.97. The maximum Gasteiger partial charge on any atom is 0.150 e. The van der Waals surface area contributed by atoms with E-state index in [1.54, 1.807) is 0 Å². The Balaban J connectivity index is 2.47. The molecule has 20 heavy (non-hydrogen) atoms. The second-order valence-electron chi connectivity index (χ2n) is 5.16. The van der Waals surface area contributed by atoms with Gasteiger partial charge in [0.25, 0.3) is 0 Å². The second-order valence-corrected chi connectivity index (χ2v) is 5.83. The van der Waals surface area contributed by atoms with Crippen LogP contribution in [0.2, 0.25) is 5.02 Å². The first kappa shape index (κ1) is 15.2. The molecule has 0 amide bonds. The summed E-state index contributed by atoms with van der Waals surface area (Å²) in [6.07, 6.45) is 0. The minimum Gasteiger partial charge on any atom is -0.455 e. The van der Waals surface area contributed by atoms with Gasteiger partial charge in [-0.2, -0.15) is 0 Å². The summed E-state index contributed by atoms with van der Waals surface area (Å²) < 4.78 is 6.09. The quantitative estimate of drug-likeness (QED) is 0.602. The number of alkyl halides is 1. The third-order valence-corrected chi connectivity index (χ3v) is 3.78. The normalized spacial score (nSPS) is 10.9. The van der Waals surface area contributed by atoms with Gasteiger partial charge >= 0.3 is 0 Å². The highest BCUT2D eigenvalue weighted by Crippen LogP contribution is 2.37. The van der Waals surface area contributed by atoms with Gasteiger partial charge in [-0.25, -0.2) is 0 Å². The molecule has 2 rings (SSSR count). The molecule has 0 saturated heterocycles. The van der Waals surface area contributed by atoms with Gasteiger partial charge in [0.1, 0.15) is 11.5 Å². The van der Waals surface area contributed by atoms with Gasteiger partial charge in [-0.3, -0.25) is 0 Å². The van der Waals surface area contributed by atoms with Crippen LogP contribution < -0.4 is 4.74 Å². The molecule has 0 aliphatic rings. The summed E-state index contributed by atoms with van der Waals surface area (Å²) in [5.74, 6) is 2.25. The zero-order chi connectivity index (χ0) is 14.7. The molecule has 3 heteroatoms. The highest BCUT2D eigenvalue weighted by Gasteiger charge is 2.13. The van der Waals surface area contributed by atoms with E-state index in [4.69, 9.17) is 27.9 Å². The third kappa shape index (κ3) is 3.28. The molecule has 0 aliphatic carbocycles. The minimum absolute atomic E-state index is 0.374. The van der Waals surface area contributed by atoms with Crippen molar-refractivity contribution in [1.82, 2.24) is 0 Å². The van der Waals surface area contributed by atoms with E-state index >= 15 is 0 Å². The highest BCUT2D eigenvalue weighted by molar-refractivity contribution is 6.32. The predicted molar refractivity (Wildman–Crippen MR) is 86.4 cm³/mol. The van der Waals surface area contributed by atoms with E-state index in [0.29, 0.717) is 22.6 Å². The molecule has 0 heterocycles. The van der Waals surface area contributed by atoms with Crippen LogP contribution in [0.15, 0.2) is 36.4 Å². The van der Waals surface area contributed by atoms with Crippen LogP contribution in [0.1, 0.15) is 36.5 Å². The zero-order valence-corrected chi connectivity index (χ0v) is 13.4. The van der Waals surface area contributed by atoms with Crippen molar-refractivity contribution in [1.29, 1.82) is 0 Å². The van der Waals surface area contributed by atoms with Crippen molar-refractivity contribution < 1.29 is 4.74 Å².